The number of fused-ring (bicyclic) bond motifs is 1. The van der Waals surface area contributed by atoms with Gasteiger partial charge in [-0.1, -0.05) is 112 Å². The SMILES string of the molecule is CCOC(=O)C1=C(C(F)(F)F)N=c2s/c(=C\c3cc(-c4ccccc4)n(-c4ccc(Br)cc4)c3-c3ccccc3)c(=O)n2[C@@H]1c1ccc(Cl)cc1. The first kappa shape index (κ1) is 34.5. The van der Waals surface area contributed by atoms with Crippen LogP contribution < -0.4 is 14.9 Å². The zero-order valence-corrected chi connectivity index (χ0v) is 29.9. The molecule has 0 radical (unpaired) electrons. The second-order valence-corrected chi connectivity index (χ2v) is 13.9. The Labute approximate surface area is 307 Å². The van der Waals surface area contributed by atoms with Gasteiger partial charge in [0.25, 0.3) is 5.56 Å². The standard InChI is InChI=1S/C39H26BrClF3N3O3S/c1-2-50-37(49)32-34(25-13-17-28(41)18-14-25)47-36(48)31(51-38(47)45-35(32)39(42,43)44)22-26-21-30(23-9-5-3-6-10-23)46(29-19-15-27(40)16-20-29)33(26)24-11-7-4-8-12-24/h3-22,34H,2H2,1H3/b31-22-/t34-/m1/s1. The minimum Gasteiger partial charge on any atom is -0.463 e. The first-order valence-corrected chi connectivity index (χ1v) is 17.7. The third-order valence-electron chi connectivity index (χ3n) is 8.30. The number of nitrogens with zero attached hydrogens (tertiary/aromatic N) is 3. The monoisotopic (exact) mass is 787 g/mol. The Morgan fingerprint density at radius 1 is 0.941 bits per heavy atom. The van der Waals surface area contributed by atoms with Gasteiger partial charge in [-0.05, 0) is 72.2 Å². The molecule has 0 aliphatic carbocycles. The van der Waals surface area contributed by atoms with E-state index in [4.69, 9.17) is 16.3 Å². The van der Waals surface area contributed by atoms with Crippen LogP contribution in [0.5, 0.6) is 0 Å². The summed E-state index contributed by atoms with van der Waals surface area (Å²) in [5.74, 6) is -1.21. The summed E-state index contributed by atoms with van der Waals surface area (Å²) in [5.41, 5.74) is 2.31. The number of hydrogen-bond acceptors (Lipinski definition) is 5. The molecule has 0 saturated carbocycles. The van der Waals surface area contributed by atoms with E-state index in [-0.39, 0.29) is 21.5 Å². The van der Waals surface area contributed by atoms with E-state index < -0.39 is 35.0 Å². The molecule has 0 N–H and O–H groups in total. The molecule has 1 aliphatic heterocycles. The third-order valence-corrected chi connectivity index (χ3v) is 10.1. The average molecular weight is 789 g/mol. The molecule has 0 spiro atoms. The van der Waals surface area contributed by atoms with E-state index >= 15 is 0 Å². The fourth-order valence-electron chi connectivity index (χ4n) is 6.15. The van der Waals surface area contributed by atoms with Gasteiger partial charge >= 0.3 is 12.1 Å². The molecule has 0 bridgehead atoms. The lowest BCUT2D eigenvalue weighted by molar-refractivity contribution is -0.140. The second kappa shape index (κ2) is 14.0. The Morgan fingerprint density at radius 3 is 2.18 bits per heavy atom. The quantitative estimate of drug-likeness (QED) is 0.152. The van der Waals surface area contributed by atoms with Gasteiger partial charge in [0, 0.05) is 20.7 Å². The molecule has 3 heterocycles. The van der Waals surface area contributed by atoms with Crippen LogP contribution in [0.1, 0.15) is 24.1 Å². The summed E-state index contributed by atoms with van der Waals surface area (Å²) < 4.78 is 53.3. The van der Waals surface area contributed by atoms with E-state index in [1.165, 1.54) is 31.2 Å². The molecule has 4 aromatic carbocycles. The molecule has 1 aliphatic rings. The number of hydrogen-bond donors (Lipinski definition) is 0. The lowest BCUT2D eigenvalue weighted by atomic mass is 9.95. The number of allylic oxidation sites excluding steroid dienone is 1. The Bertz CT molecular complexity index is 2470. The summed E-state index contributed by atoms with van der Waals surface area (Å²) in [4.78, 5) is 31.4. The maximum absolute atomic E-state index is 14.7. The largest absolute Gasteiger partial charge is 0.463 e. The molecule has 2 aromatic heterocycles. The Morgan fingerprint density at radius 2 is 1.57 bits per heavy atom. The minimum absolute atomic E-state index is 0.129. The van der Waals surface area contributed by atoms with Gasteiger partial charge in [-0.25, -0.2) is 9.79 Å². The number of alkyl halides is 3. The average Bonchev–Trinajstić information content (AvgIpc) is 3.65. The zero-order valence-electron chi connectivity index (χ0n) is 26.7. The highest BCUT2D eigenvalue weighted by atomic mass is 79.9. The lowest BCUT2D eigenvalue weighted by Crippen LogP contribution is -2.41. The van der Waals surface area contributed by atoms with Crippen LogP contribution in [0.2, 0.25) is 5.02 Å². The van der Waals surface area contributed by atoms with E-state index in [0.717, 1.165) is 48.6 Å². The smallest absolute Gasteiger partial charge is 0.434 e. The van der Waals surface area contributed by atoms with Crippen molar-refractivity contribution in [2.24, 2.45) is 4.99 Å². The first-order chi connectivity index (χ1) is 24.5. The topological polar surface area (TPSA) is 65.6 Å². The summed E-state index contributed by atoms with van der Waals surface area (Å²) in [6.07, 6.45) is -3.34. The highest BCUT2D eigenvalue weighted by Crippen LogP contribution is 2.39. The normalized spacial score (nSPS) is 14.7. The number of halogens is 5. The van der Waals surface area contributed by atoms with E-state index in [9.17, 15) is 22.8 Å². The molecule has 7 rings (SSSR count). The van der Waals surface area contributed by atoms with Gasteiger partial charge in [0.15, 0.2) is 10.5 Å². The van der Waals surface area contributed by atoms with E-state index in [1.54, 1.807) is 6.08 Å². The molecule has 51 heavy (non-hydrogen) atoms. The van der Waals surface area contributed by atoms with Crippen molar-refractivity contribution < 1.29 is 22.7 Å². The van der Waals surface area contributed by atoms with Gasteiger partial charge in [0.1, 0.15) is 0 Å². The lowest BCUT2D eigenvalue weighted by Gasteiger charge is -2.26. The summed E-state index contributed by atoms with van der Waals surface area (Å²) >= 11 is 10.5. The molecule has 6 aromatic rings. The molecule has 6 nitrogen and oxygen atoms in total. The van der Waals surface area contributed by atoms with Gasteiger partial charge < -0.3 is 9.30 Å². The number of carbonyl (C=O) groups excluding carboxylic acids is 1. The van der Waals surface area contributed by atoms with Crippen molar-refractivity contribution in [3.63, 3.8) is 0 Å². The minimum atomic E-state index is -5.02. The number of ether oxygens (including phenoxy) is 1. The Balaban J connectivity index is 1.54. The highest BCUT2D eigenvalue weighted by Gasteiger charge is 2.45. The van der Waals surface area contributed by atoms with Crippen molar-refractivity contribution in [3.05, 3.63) is 167 Å². The number of carbonyl (C=O) groups is 1. The molecule has 256 valence electrons. The van der Waals surface area contributed by atoms with Crippen LogP contribution in [-0.4, -0.2) is 27.9 Å². The number of thiazole rings is 1. The summed E-state index contributed by atoms with van der Waals surface area (Å²) in [7, 11) is 0. The number of esters is 1. The van der Waals surface area contributed by atoms with Crippen LogP contribution in [-0.2, 0) is 9.53 Å². The van der Waals surface area contributed by atoms with E-state index in [2.05, 4.69) is 25.5 Å². The van der Waals surface area contributed by atoms with Crippen molar-refractivity contribution in [2.45, 2.75) is 19.1 Å². The molecule has 1 atom stereocenters. The third kappa shape index (κ3) is 6.64. The van der Waals surface area contributed by atoms with Gasteiger partial charge in [-0.15, -0.1) is 0 Å². The summed E-state index contributed by atoms with van der Waals surface area (Å²) in [6.45, 7) is 1.32. The fraction of sp³-hybridized carbons (Fsp3) is 0.103. The zero-order chi connectivity index (χ0) is 35.9. The molecule has 0 amide bonds. The summed E-state index contributed by atoms with van der Waals surface area (Å²) in [6, 6.07) is 33.7. The second-order valence-electron chi connectivity index (χ2n) is 11.5. The molecular formula is C39H26BrClF3N3O3S. The van der Waals surface area contributed by atoms with Crippen LogP contribution >= 0.6 is 38.9 Å². The van der Waals surface area contributed by atoms with Crippen LogP contribution in [0, 0.1) is 0 Å². The van der Waals surface area contributed by atoms with Crippen molar-refractivity contribution in [1.29, 1.82) is 0 Å². The molecule has 0 unspecified atom stereocenters. The fourth-order valence-corrected chi connectivity index (χ4v) is 7.54. The van der Waals surface area contributed by atoms with Gasteiger partial charge in [0.05, 0.1) is 34.1 Å². The first-order valence-electron chi connectivity index (χ1n) is 15.7. The molecule has 0 fully saturated rings. The van der Waals surface area contributed by atoms with Crippen molar-refractivity contribution >= 4 is 50.9 Å². The van der Waals surface area contributed by atoms with E-state index in [0.29, 0.717) is 10.6 Å². The van der Waals surface area contributed by atoms with E-state index in [1.807, 2.05) is 91.0 Å². The van der Waals surface area contributed by atoms with Crippen molar-refractivity contribution in [1.82, 2.24) is 9.13 Å². The van der Waals surface area contributed by atoms with Gasteiger partial charge in [-0.2, -0.15) is 13.2 Å². The number of benzene rings is 4. The van der Waals surface area contributed by atoms with Gasteiger partial charge in [-0.3, -0.25) is 9.36 Å². The van der Waals surface area contributed by atoms with Crippen LogP contribution in [0.25, 0.3) is 34.3 Å². The predicted octanol–water partition coefficient (Wildman–Crippen LogP) is 8.88. The number of aromatic nitrogens is 2. The molecular weight excluding hydrogens is 763 g/mol. The number of rotatable bonds is 7. The Hall–Kier alpha value is -4.97. The van der Waals surface area contributed by atoms with Crippen molar-refractivity contribution in [2.75, 3.05) is 6.61 Å². The van der Waals surface area contributed by atoms with Crippen molar-refractivity contribution in [3.8, 4) is 28.2 Å². The molecule has 12 heteroatoms. The predicted molar refractivity (Wildman–Crippen MR) is 197 cm³/mol. The Kier molecular flexibility index (Phi) is 9.45. The maximum Gasteiger partial charge on any atom is 0.434 e. The maximum atomic E-state index is 14.7. The van der Waals surface area contributed by atoms with Crippen LogP contribution in [0.3, 0.4) is 0 Å². The highest BCUT2D eigenvalue weighted by molar-refractivity contribution is 9.10. The van der Waals surface area contributed by atoms with Gasteiger partial charge in [0.2, 0.25) is 0 Å². The summed E-state index contributed by atoms with van der Waals surface area (Å²) in [5, 5.41) is 0.335. The van der Waals surface area contributed by atoms with Crippen LogP contribution in [0.4, 0.5) is 13.2 Å². The van der Waals surface area contributed by atoms with Crippen LogP contribution in [0.15, 0.2) is 141 Å². The molecule has 0 saturated heterocycles.